The maximum atomic E-state index is 11.3. The Kier molecular flexibility index (Phi) is 5.01. The molecule has 2 fully saturated rings. The van der Waals surface area contributed by atoms with Crippen molar-refractivity contribution in [3.05, 3.63) is 0 Å². The van der Waals surface area contributed by atoms with E-state index < -0.39 is 0 Å². The predicted octanol–water partition coefficient (Wildman–Crippen LogP) is 0.882. The molecule has 0 aromatic rings. The summed E-state index contributed by atoms with van der Waals surface area (Å²) in [5.41, 5.74) is 0. The third-order valence-electron chi connectivity index (χ3n) is 4.49. The lowest BCUT2D eigenvalue weighted by Crippen LogP contribution is -2.48. The van der Waals surface area contributed by atoms with Crippen LogP contribution in [0.1, 0.15) is 26.7 Å². The van der Waals surface area contributed by atoms with Gasteiger partial charge in [-0.3, -0.25) is 4.79 Å². The summed E-state index contributed by atoms with van der Waals surface area (Å²) in [6.07, 6.45) is 2.38. The molecule has 104 valence electrons. The van der Waals surface area contributed by atoms with Gasteiger partial charge in [0.2, 0.25) is 5.91 Å². The molecule has 4 heteroatoms. The number of hydrogen-bond acceptors (Lipinski definition) is 3. The average molecular weight is 253 g/mol. The van der Waals surface area contributed by atoms with E-state index in [1.54, 1.807) is 6.92 Å². The number of rotatable bonds is 3. The van der Waals surface area contributed by atoms with Gasteiger partial charge < -0.3 is 14.7 Å². The van der Waals surface area contributed by atoms with Gasteiger partial charge in [0.15, 0.2) is 0 Å². The summed E-state index contributed by atoms with van der Waals surface area (Å²) in [6, 6.07) is 0. The van der Waals surface area contributed by atoms with Gasteiger partial charge in [-0.15, -0.1) is 0 Å². The number of carbonyl (C=O) groups excluding carboxylic acids is 1. The van der Waals surface area contributed by atoms with E-state index in [1.165, 1.54) is 52.1 Å². The molecule has 2 saturated heterocycles. The van der Waals surface area contributed by atoms with Crippen LogP contribution in [0.4, 0.5) is 0 Å². The van der Waals surface area contributed by atoms with Crippen molar-refractivity contribution < 1.29 is 4.79 Å². The zero-order valence-electron chi connectivity index (χ0n) is 11.9. The molecule has 2 heterocycles. The Balaban J connectivity index is 1.67. The smallest absolute Gasteiger partial charge is 0.219 e. The molecule has 0 saturated carbocycles. The van der Waals surface area contributed by atoms with E-state index in [9.17, 15) is 4.79 Å². The van der Waals surface area contributed by atoms with E-state index in [4.69, 9.17) is 0 Å². The molecule has 1 amide bonds. The molecule has 0 spiro atoms. The summed E-state index contributed by atoms with van der Waals surface area (Å²) in [7, 11) is 0. The SMILES string of the molecule is CCN1CCN(CC2CCN(C(C)=O)CC2)CC1. The number of amides is 1. The summed E-state index contributed by atoms with van der Waals surface area (Å²) in [6.45, 7) is 13.2. The van der Waals surface area contributed by atoms with Gasteiger partial charge in [0.1, 0.15) is 0 Å². The minimum atomic E-state index is 0.241. The fourth-order valence-corrected chi connectivity index (χ4v) is 3.08. The van der Waals surface area contributed by atoms with Crippen LogP contribution in [0.2, 0.25) is 0 Å². The average Bonchev–Trinajstić information content (AvgIpc) is 2.40. The van der Waals surface area contributed by atoms with Crippen LogP contribution in [-0.2, 0) is 4.79 Å². The number of likely N-dealkylation sites (N-methyl/N-ethyl adjacent to an activating group) is 1. The Morgan fingerprint density at radius 1 is 1.00 bits per heavy atom. The fraction of sp³-hybridized carbons (Fsp3) is 0.929. The van der Waals surface area contributed by atoms with E-state index in [2.05, 4.69) is 16.7 Å². The van der Waals surface area contributed by atoms with Gasteiger partial charge in [-0.25, -0.2) is 0 Å². The van der Waals surface area contributed by atoms with Crippen molar-refractivity contribution in [3.8, 4) is 0 Å². The lowest BCUT2D eigenvalue weighted by Gasteiger charge is -2.38. The molecule has 0 aliphatic carbocycles. The highest BCUT2D eigenvalue weighted by Gasteiger charge is 2.24. The molecule has 18 heavy (non-hydrogen) atoms. The third-order valence-corrected chi connectivity index (χ3v) is 4.49. The van der Waals surface area contributed by atoms with Gasteiger partial charge in [0.05, 0.1) is 0 Å². The second-order valence-corrected chi connectivity index (χ2v) is 5.68. The number of piperazine rings is 1. The van der Waals surface area contributed by atoms with Crippen LogP contribution in [0.3, 0.4) is 0 Å². The van der Waals surface area contributed by atoms with Crippen LogP contribution >= 0.6 is 0 Å². The van der Waals surface area contributed by atoms with E-state index in [0.29, 0.717) is 0 Å². The van der Waals surface area contributed by atoms with Crippen molar-refractivity contribution in [2.75, 3.05) is 52.4 Å². The summed E-state index contributed by atoms with van der Waals surface area (Å²) in [5, 5.41) is 0. The second kappa shape index (κ2) is 6.53. The van der Waals surface area contributed by atoms with E-state index in [0.717, 1.165) is 19.0 Å². The Bertz CT molecular complexity index is 266. The molecule has 0 unspecified atom stereocenters. The Labute approximate surface area is 111 Å². The summed E-state index contributed by atoms with van der Waals surface area (Å²) in [5.74, 6) is 1.04. The van der Waals surface area contributed by atoms with Gasteiger partial charge in [-0.1, -0.05) is 6.92 Å². The molecule has 0 aromatic carbocycles. The zero-order chi connectivity index (χ0) is 13.0. The summed E-state index contributed by atoms with van der Waals surface area (Å²) < 4.78 is 0. The number of carbonyl (C=O) groups is 1. The van der Waals surface area contributed by atoms with Gasteiger partial charge in [-0.2, -0.15) is 0 Å². The molecule has 2 aliphatic heterocycles. The van der Waals surface area contributed by atoms with E-state index in [-0.39, 0.29) is 5.91 Å². The molecule has 2 aliphatic rings. The maximum Gasteiger partial charge on any atom is 0.219 e. The van der Waals surface area contributed by atoms with Crippen molar-refractivity contribution in [3.63, 3.8) is 0 Å². The second-order valence-electron chi connectivity index (χ2n) is 5.68. The van der Waals surface area contributed by atoms with Crippen molar-refractivity contribution in [1.82, 2.24) is 14.7 Å². The Morgan fingerprint density at radius 2 is 1.56 bits per heavy atom. The normalized spacial score (nSPS) is 24.4. The molecule has 4 nitrogen and oxygen atoms in total. The topological polar surface area (TPSA) is 26.8 Å². The molecule has 0 aromatic heterocycles. The van der Waals surface area contributed by atoms with Crippen LogP contribution in [0.5, 0.6) is 0 Å². The fourth-order valence-electron chi connectivity index (χ4n) is 3.08. The molecule has 2 rings (SSSR count). The van der Waals surface area contributed by atoms with E-state index in [1.807, 2.05) is 4.90 Å². The molecule has 0 bridgehead atoms. The number of hydrogen-bond donors (Lipinski definition) is 0. The Hall–Kier alpha value is -0.610. The quantitative estimate of drug-likeness (QED) is 0.747. The number of likely N-dealkylation sites (tertiary alicyclic amines) is 1. The first-order valence-corrected chi connectivity index (χ1v) is 7.39. The first kappa shape index (κ1) is 13.8. The first-order valence-electron chi connectivity index (χ1n) is 7.39. The van der Waals surface area contributed by atoms with Crippen molar-refractivity contribution >= 4 is 5.91 Å². The monoisotopic (exact) mass is 253 g/mol. The molecule has 0 atom stereocenters. The van der Waals surface area contributed by atoms with Gasteiger partial charge >= 0.3 is 0 Å². The van der Waals surface area contributed by atoms with E-state index >= 15 is 0 Å². The number of piperidine rings is 1. The first-order chi connectivity index (χ1) is 8.69. The standard InChI is InChI=1S/C14H27N3O/c1-3-15-8-10-16(11-9-15)12-14-4-6-17(7-5-14)13(2)18/h14H,3-12H2,1-2H3. The van der Waals surface area contributed by atoms with Crippen molar-refractivity contribution in [2.45, 2.75) is 26.7 Å². The summed E-state index contributed by atoms with van der Waals surface area (Å²) in [4.78, 5) is 18.4. The molecular weight excluding hydrogens is 226 g/mol. The molecule has 0 N–H and O–H groups in total. The van der Waals surface area contributed by atoms with Gasteiger partial charge in [0.25, 0.3) is 0 Å². The van der Waals surface area contributed by atoms with Gasteiger partial charge in [0, 0.05) is 52.7 Å². The minimum Gasteiger partial charge on any atom is -0.343 e. The van der Waals surface area contributed by atoms with Crippen molar-refractivity contribution in [2.24, 2.45) is 5.92 Å². The highest BCUT2D eigenvalue weighted by atomic mass is 16.2. The lowest BCUT2D eigenvalue weighted by molar-refractivity contribution is -0.130. The van der Waals surface area contributed by atoms with Crippen LogP contribution in [0, 0.1) is 5.92 Å². The minimum absolute atomic E-state index is 0.241. The maximum absolute atomic E-state index is 11.3. The highest BCUT2D eigenvalue weighted by Crippen LogP contribution is 2.19. The Morgan fingerprint density at radius 3 is 2.06 bits per heavy atom. The predicted molar refractivity (Wildman–Crippen MR) is 73.5 cm³/mol. The largest absolute Gasteiger partial charge is 0.343 e. The van der Waals surface area contributed by atoms with Crippen LogP contribution in [0.25, 0.3) is 0 Å². The zero-order valence-corrected chi connectivity index (χ0v) is 11.9. The van der Waals surface area contributed by atoms with Crippen LogP contribution in [0.15, 0.2) is 0 Å². The summed E-state index contributed by atoms with van der Waals surface area (Å²) >= 11 is 0. The molecular formula is C14H27N3O. The van der Waals surface area contributed by atoms with Crippen LogP contribution < -0.4 is 0 Å². The molecule has 0 radical (unpaired) electrons. The van der Waals surface area contributed by atoms with Gasteiger partial charge in [-0.05, 0) is 25.3 Å². The van der Waals surface area contributed by atoms with Crippen molar-refractivity contribution in [1.29, 1.82) is 0 Å². The van der Waals surface area contributed by atoms with Crippen LogP contribution in [-0.4, -0.2) is 73.0 Å². The highest BCUT2D eigenvalue weighted by molar-refractivity contribution is 5.73. The lowest BCUT2D eigenvalue weighted by atomic mass is 9.96. The third kappa shape index (κ3) is 3.69. The number of nitrogens with zero attached hydrogens (tertiary/aromatic N) is 3.